The van der Waals surface area contributed by atoms with Crippen molar-refractivity contribution in [3.8, 4) is 17.3 Å². The van der Waals surface area contributed by atoms with Crippen molar-refractivity contribution in [3.63, 3.8) is 0 Å². The molecule has 0 saturated carbocycles. The van der Waals surface area contributed by atoms with Gasteiger partial charge in [0.15, 0.2) is 0 Å². The highest BCUT2D eigenvalue weighted by atomic mass is 15.2. The second-order valence-corrected chi connectivity index (χ2v) is 5.04. The quantitative estimate of drug-likeness (QED) is 0.911. The van der Waals surface area contributed by atoms with Gasteiger partial charge in [0.2, 0.25) is 0 Å². The minimum absolute atomic E-state index is 0.600. The van der Waals surface area contributed by atoms with Crippen molar-refractivity contribution < 1.29 is 0 Å². The third kappa shape index (κ3) is 3.29. The van der Waals surface area contributed by atoms with Crippen LogP contribution in [0.2, 0.25) is 0 Å². The highest BCUT2D eigenvalue weighted by Crippen LogP contribution is 2.19. The summed E-state index contributed by atoms with van der Waals surface area (Å²) in [5, 5.41) is 20.3. The van der Waals surface area contributed by atoms with Gasteiger partial charge in [-0.2, -0.15) is 5.26 Å². The first-order valence-electron chi connectivity index (χ1n) is 6.10. The topological polar surface area (TPSA) is 61.6 Å². The summed E-state index contributed by atoms with van der Waals surface area (Å²) >= 11 is 0. The van der Waals surface area contributed by atoms with Crippen molar-refractivity contribution in [1.82, 2.24) is 10.2 Å². The molecule has 0 atom stereocenters. The number of nitriles is 1. The lowest BCUT2D eigenvalue weighted by molar-refractivity contribution is 0.719. The van der Waals surface area contributed by atoms with Crippen LogP contribution in [-0.4, -0.2) is 15.7 Å². The predicted octanol–water partition coefficient (Wildman–Crippen LogP) is 3.17. The Balaban J connectivity index is 2.22. The number of nitrogens with zero attached hydrogens (tertiary/aromatic N) is 3. The van der Waals surface area contributed by atoms with Gasteiger partial charge in [-0.1, -0.05) is 23.8 Å². The highest BCUT2D eigenvalue weighted by molar-refractivity contribution is 5.60. The van der Waals surface area contributed by atoms with Crippen molar-refractivity contribution in [3.05, 3.63) is 42.0 Å². The average molecular weight is 252 g/mol. The zero-order chi connectivity index (χ0) is 13.9. The number of hydrogen-bond donors (Lipinski definition) is 1. The molecule has 0 unspecified atom stereocenters. The molecular weight excluding hydrogens is 236 g/mol. The predicted molar refractivity (Wildman–Crippen MR) is 75.5 cm³/mol. The van der Waals surface area contributed by atoms with E-state index in [1.165, 1.54) is 5.56 Å². The van der Waals surface area contributed by atoms with Gasteiger partial charge in [0.25, 0.3) is 0 Å². The third-order valence-electron chi connectivity index (χ3n) is 2.70. The average Bonchev–Trinajstić information content (AvgIpc) is 2.39. The molecule has 2 aromatic rings. The van der Waals surface area contributed by atoms with E-state index in [-0.39, 0.29) is 0 Å². The summed E-state index contributed by atoms with van der Waals surface area (Å²) < 4.78 is 0. The minimum Gasteiger partial charge on any atom is -0.351 e. The van der Waals surface area contributed by atoms with Crippen LogP contribution in [0.4, 0.5) is 5.82 Å². The Morgan fingerprint density at radius 3 is 2.53 bits per heavy atom. The van der Waals surface area contributed by atoms with Gasteiger partial charge >= 0.3 is 0 Å². The first-order chi connectivity index (χ1) is 9.00. The summed E-state index contributed by atoms with van der Waals surface area (Å²) in [6.45, 7) is 5.63. The molecule has 1 aromatic heterocycles. The van der Waals surface area contributed by atoms with Gasteiger partial charge < -0.3 is 5.32 Å². The minimum atomic E-state index is -0.653. The van der Waals surface area contributed by atoms with E-state index in [0.717, 1.165) is 11.3 Å². The fourth-order valence-electron chi connectivity index (χ4n) is 1.71. The summed E-state index contributed by atoms with van der Waals surface area (Å²) in [6, 6.07) is 14.0. The van der Waals surface area contributed by atoms with E-state index in [9.17, 15) is 0 Å². The van der Waals surface area contributed by atoms with Gasteiger partial charge in [0, 0.05) is 5.56 Å². The van der Waals surface area contributed by atoms with Gasteiger partial charge in [-0.25, -0.2) is 0 Å². The maximum Gasteiger partial charge on any atom is 0.149 e. The normalized spacial score (nSPS) is 10.8. The van der Waals surface area contributed by atoms with Crippen LogP contribution in [0.15, 0.2) is 36.4 Å². The van der Waals surface area contributed by atoms with Crippen LogP contribution in [0.1, 0.15) is 19.4 Å². The lowest BCUT2D eigenvalue weighted by atomic mass is 10.1. The standard InChI is InChI=1S/C15H16N4/c1-11-5-4-6-12(9-11)13-7-8-14(19-18-13)17-15(2,3)10-16/h4-9H,1-3H3,(H,17,19). The molecule has 1 aromatic carbocycles. The number of nitrogens with one attached hydrogen (secondary N) is 1. The van der Waals surface area contributed by atoms with Crippen molar-refractivity contribution in [1.29, 1.82) is 5.26 Å². The van der Waals surface area contributed by atoms with Crippen LogP contribution in [0.25, 0.3) is 11.3 Å². The van der Waals surface area contributed by atoms with Crippen molar-refractivity contribution in [2.45, 2.75) is 26.3 Å². The summed E-state index contributed by atoms with van der Waals surface area (Å²) in [6.07, 6.45) is 0. The largest absolute Gasteiger partial charge is 0.351 e. The Bertz CT molecular complexity index is 609. The van der Waals surface area contributed by atoms with E-state index >= 15 is 0 Å². The number of benzene rings is 1. The molecule has 4 nitrogen and oxygen atoms in total. The fraction of sp³-hybridized carbons (Fsp3) is 0.267. The van der Waals surface area contributed by atoms with E-state index in [2.05, 4.69) is 27.6 Å². The van der Waals surface area contributed by atoms with E-state index < -0.39 is 5.54 Å². The third-order valence-corrected chi connectivity index (χ3v) is 2.70. The van der Waals surface area contributed by atoms with Crippen molar-refractivity contribution >= 4 is 5.82 Å². The van der Waals surface area contributed by atoms with Crippen molar-refractivity contribution in [2.24, 2.45) is 0 Å². The number of anilines is 1. The van der Waals surface area contributed by atoms with Gasteiger partial charge in [0.05, 0.1) is 11.8 Å². The van der Waals surface area contributed by atoms with Crippen LogP contribution in [-0.2, 0) is 0 Å². The summed E-state index contributed by atoms with van der Waals surface area (Å²) in [7, 11) is 0. The zero-order valence-electron chi connectivity index (χ0n) is 11.3. The molecule has 0 spiro atoms. The van der Waals surface area contributed by atoms with Gasteiger partial charge in [-0.15, -0.1) is 10.2 Å². The highest BCUT2D eigenvalue weighted by Gasteiger charge is 2.16. The molecule has 0 amide bonds. The molecule has 4 heteroatoms. The van der Waals surface area contributed by atoms with E-state index in [0.29, 0.717) is 5.82 Å². The van der Waals surface area contributed by atoms with Crippen LogP contribution in [0.3, 0.4) is 0 Å². The van der Waals surface area contributed by atoms with E-state index in [1.54, 1.807) is 13.8 Å². The number of aryl methyl sites for hydroxylation is 1. The molecule has 0 aliphatic heterocycles. The van der Waals surface area contributed by atoms with Gasteiger partial charge in [-0.05, 0) is 39.0 Å². The van der Waals surface area contributed by atoms with Crippen LogP contribution in [0.5, 0.6) is 0 Å². The second-order valence-electron chi connectivity index (χ2n) is 5.04. The molecular formula is C15H16N4. The molecule has 0 aliphatic rings. The molecule has 2 rings (SSSR count). The van der Waals surface area contributed by atoms with Crippen LogP contribution in [0, 0.1) is 18.3 Å². The Labute approximate surface area is 113 Å². The molecule has 1 heterocycles. The molecule has 0 fully saturated rings. The Hall–Kier alpha value is -2.41. The molecule has 0 saturated heterocycles. The fourth-order valence-corrected chi connectivity index (χ4v) is 1.71. The lowest BCUT2D eigenvalue weighted by Gasteiger charge is -2.17. The molecule has 19 heavy (non-hydrogen) atoms. The van der Waals surface area contributed by atoms with Crippen molar-refractivity contribution in [2.75, 3.05) is 5.32 Å². The van der Waals surface area contributed by atoms with Crippen LogP contribution >= 0.6 is 0 Å². The first kappa shape index (κ1) is 13.0. The summed E-state index contributed by atoms with van der Waals surface area (Å²) in [5.41, 5.74) is 2.40. The maximum absolute atomic E-state index is 8.96. The first-order valence-corrected chi connectivity index (χ1v) is 6.10. The molecule has 96 valence electrons. The summed E-state index contributed by atoms with van der Waals surface area (Å²) in [4.78, 5) is 0. The monoisotopic (exact) mass is 252 g/mol. The molecule has 0 radical (unpaired) electrons. The smallest absolute Gasteiger partial charge is 0.149 e. The Morgan fingerprint density at radius 1 is 1.16 bits per heavy atom. The lowest BCUT2D eigenvalue weighted by Crippen LogP contribution is -2.29. The SMILES string of the molecule is Cc1cccc(-c2ccc(NC(C)(C)C#N)nn2)c1. The van der Waals surface area contributed by atoms with Gasteiger partial charge in [-0.3, -0.25) is 0 Å². The number of aromatic nitrogens is 2. The number of rotatable bonds is 3. The van der Waals surface area contributed by atoms with Crippen LogP contribution < -0.4 is 5.32 Å². The van der Waals surface area contributed by atoms with E-state index in [4.69, 9.17) is 5.26 Å². The molecule has 0 aliphatic carbocycles. The van der Waals surface area contributed by atoms with Gasteiger partial charge in [0.1, 0.15) is 11.4 Å². The second kappa shape index (κ2) is 5.07. The van der Waals surface area contributed by atoms with E-state index in [1.807, 2.05) is 37.3 Å². The molecule has 1 N–H and O–H groups in total. The summed E-state index contributed by atoms with van der Waals surface area (Å²) in [5.74, 6) is 0.600. The molecule has 0 bridgehead atoms. The Morgan fingerprint density at radius 2 is 1.95 bits per heavy atom. The maximum atomic E-state index is 8.96. The number of hydrogen-bond acceptors (Lipinski definition) is 4. The zero-order valence-corrected chi connectivity index (χ0v) is 11.3. The Kier molecular flexibility index (Phi) is 3.48.